The summed E-state index contributed by atoms with van der Waals surface area (Å²) < 4.78 is 11.6. The number of rotatable bonds is 4. The van der Waals surface area contributed by atoms with E-state index in [2.05, 4.69) is 33.9 Å². The molecule has 0 spiro atoms. The maximum Gasteiger partial charge on any atom is 0.415 e. The number of non-ortho nitro benzene ring substituents is 1. The smallest absolute Gasteiger partial charge is 0.412 e. The summed E-state index contributed by atoms with van der Waals surface area (Å²) in [4.78, 5) is 24.0. The van der Waals surface area contributed by atoms with Crippen LogP contribution < -0.4 is 4.74 Å². The normalized spacial score (nSPS) is 18.3. The minimum absolute atomic E-state index is 0.0327. The molecule has 1 fully saturated rings. The third-order valence-electron chi connectivity index (χ3n) is 4.92. The fraction of sp³-hybridized carbons (Fsp3) is 0.588. The number of carbonyl (C=O) groups is 1. The highest BCUT2D eigenvalue weighted by molar-refractivity contribution is 6.74. The Labute approximate surface area is 149 Å². The predicted molar refractivity (Wildman–Crippen MR) is 97.4 cm³/mol. The number of benzene rings is 1. The largest absolute Gasteiger partial charge is 0.415 e. The molecule has 25 heavy (non-hydrogen) atoms. The van der Waals surface area contributed by atoms with Crippen LogP contribution in [-0.4, -0.2) is 43.4 Å². The summed E-state index contributed by atoms with van der Waals surface area (Å²) >= 11 is 0. The fourth-order valence-electron chi connectivity index (χ4n) is 2.38. The van der Waals surface area contributed by atoms with Crippen molar-refractivity contribution in [3.63, 3.8) is 0 Å². The van der Waals surface area contributed by atoms with Crippen molar-refractivity contribution in [1.82, 2.24) is 4.90 Å². The molecule has 1 amide bonds. The highest BCUT2D eigenvalue weighted by Crippen LogP contribution is 2.38. The van der Waals surface area contributed by atoms with E-state index in [1.54, 1.807) is 4.90 Å². The van der Waals surface area contributed by atoms with Crippen LogP contribution in [0.3, 0.4) is 0 Å². The van der Waals surface area contributed by atoms with Gasteiger partial charge < -0.3 is 14.1 Å². The van der Waals surface area contributed by atoms with Gasteiger partial charge in [0.25, 0.3) is 5.69 Å². The molecule has 1 aliphatic rings. The first-order chi connectivity index (χ1) is 11.5. The number of nitro groups is 1. The van der Waals surface area contributed by atoms with Gasteiger partial charge in [-0.25, -0.2) is 4.79 Å². The van der Waals surface area contributed by atoms with E-state index in [1.165, 1.54) is 24.3 Å². The van der Waals surface area contributed by atoms with E-state index in [-0.39, 0.29) is 16.8 Å². The first-order valence-corrected chi connectivity index (χ1v) is 11.3. The van der Waals surface area contributed by atoms with Crippen molar-refractivity contribution >= 4 is 20.1 Å². The number of ether oxygens (including phenoxy) is 1. The molecule has 0 aromatic heterocycles. The van der Waals surface area contributed by atoms with Gasteiger partial charge in [-0.15, -0.1) is 0 Å². The Balaban J connectivity index is 1.91. The van der Waals surface area contributed by atoms with Gasteiger partial charge in [0.2, 0.25) is 0 Å². The minimum atomic E-state index is -1.87. The molecule has 0 bridgehead atoms. The number of likely N-dealkylation sites (tertiary alicyclic amines) is 1. The summed E-state index contributed by atoms with van der Waals surface area (Å²) in [6.07, 6.45) is 0.377. The lowest BCUT2D eigenvalue weighted by atomic mass is 10.2. The predicted octanol–water partition coefficient (Wildman–Crippen LogP) is 4.19. The molecule has 0 aliphatic carbocycles. The Morgan fingerprint density at radius 1 is 1.28 bits per heavy atom. The zero-order chi connectivity index (χ0) is 18.8. The van der Waals surface area contributed by atoms with Gasteiger partial charge in [0.1, 0.15) is 5.75 Å². The lowest BCUT2D eigenvalue weighted by molar-refractivity contribution is -0.384. The van der Waals surface area contributed by atoms with Crippen LogP contribution >= 0.6 is 0 Å². The summed E-state index contributed by atoms with van der Waals surface area (Å²) in [6, 6.07) is 5.48. The average molecular weight is 366 g/mol. The van der Waals surface area contributed by atoms with Crippen molar-refractivity contribution in [2.45, 2.75) is 51.4 Å². The van der Waals surface area contributed by atoms with Crippen molar-refractivity contribution in [1.29, 1.82) is 0 Å². The molecule has 0 radical (unpaired) electrons. The second kappa shape index (κ2) is 7.13. The quantitative estimate of drug-likeness (QED) is 0.453. The summed E-state index contributed by atoms with van der Waals surface area (Å²) in [5.41, 5.74) is -0.0381. The second-order valence-corrected chi connectivity index (χ2v) is 12.6. The van der Waals surface area contributed by atoms with Crippen LogP contribution in [0.1, 0.15) is 27.2 Å². The van der Waals surface area contributed by atoms with E-state index in [0.29, 0.717) is 18.8 Å². The summed E-state index contributed by atoms with van der Waals surface area (Å²) in [7, 11) is -1.87. The van der Waals surface area contributed by atoms with E-state index < -0.39 is 19.3 Å². The Morgan fingerprint density at radius 2 is 1.88 bits per heavy atom. The highest BCUT2D eigenvalue weighted by atomic mass is 28.4. The van der Waals surface area contributed by atoms with Gasteiger partial charge in [-0.05, 0) is 36.7 Å². The Kier molecular flexibility index (Phi) is 5.53. The third kappa shape index (κ3) is 4.79. The van der Waals surface area contributed by atoms with Crippen LogP contribution in [0.25, 0.3) is 0 Å². The molecular formula is C17H26N2O5Si. The molecule has 1 saturated heterocycles. The molecule has 1 aromatic carbocycles. The van der Waals surface area contributed by atoms with E-state index in [1.807, 2.05) is 0 Å². The van der Waals surface area contributed by atoms with Crippen LogP contribution in [0.2, 0.25) is 18.1 Å². The SMILES string of the molecule is CC(C)(C)[Si](C)(C)O[C@@H]1CCN(C(=O)Oc2ccc([N+](=O)[O-])cc2)C1. The molecule has 8 heteroatoms. The third-order valence-corrected chi connectivity index (χ3v) is 9.46. The van der Waals surface area contributed by atoms with Crippen LogP contribution in [0.15, 0.2) is 24.3 Å². The maximum absolute atomic E-state index is 12.3. The number of hydrogen-bond acceptors (Lipinski definition) is 5. The highest BCUT2D eigenvalue weighted by Gasteiger charge is 2.41. The van der Waals surface area contributed by atoms with Gasteiger partial charge in [0, 0.05) is 25.2 Å². The standard InChI is InChI=1S/C17H26N2O5Si/c1-17(2,3)25(4,5)24-15-10-11-18(12-15)16(20)23-14-8-6-13(7-9-14)19(21)22/h6-9,15H,10-12H2,1-5H3/t15-/m1/s1. The van der Waals surface area contributed by atoms with E-state index in [9.17, 15) is 14.9 Å². The van der Waals surface area contributed by atoms with E-state index in [4.69, 9.17) is 9.16 Å². The molecule has 7 nitrogen and oxygen atoms in total. The van der Waals surface area contributed by atoms with Crippen molar-refractivity contribution in [3.8, 4) is 5.75 Å². The lowest BCUT2D eigenvalue weighted by Gasteiger charge is -2.38. The van der Waals surface area contributed by atoms with Crippen molar-refractivity contribution in [2.24, 2.45) is 0 Å². The van der Waals surface area contributed by atoms with E-state index >= 15 is 0 Å². The van der Waals surface area contributed by atoms with Gasteiger partial charge in [-0.1, -0.05) is 20.8 Å². The van der Waals surface area contributed by atoms with Crippen LogP contribution in [0.5, 0.6) is 5.75 Å². The molecule has 2 rings (SSSR count). The van der Waals surface area contributed by atoms with Crippen LogP contribution in [0.4, 0.5) is 10.5 Å². The fourth-order valence-corrected chi connectivity index (χ4v) is 3.76. The number of carbonyl (C=O) groups excluding carboxylic acids is 1. The monoisotopic (exact) mass is 366 g/mol. The summed E-state index contributed by atoms with van der Waals surface area (Å²) in [5, 5.41) is 10.8. The van der Waals surface area contributed by atoms with Crippen LogP contribution in [0, 0.1) is 10.1 Å². The van der Waals surface area contributed by atoms with Gasteiger partial charge in [-0.2, -0.15) is 0 Å². The van der Waals surface area contributed by atoms with Gasteiger partial charge >= 0.3 is 6.09 Å². The molecular weight excluding hydrogens is 340 g/mol. The topological polar surface area (TPSA) is 81.9 Å². The molecule has 1 atom stereocenters. The van der Waals surface area contributed by atoms with Crippen LogP contribution in [-0.2, 0) is 4.43 Å². The van der Waals surface area contributed by atoms with Crippen molar-refractivity contribution in [3.05, 3.63) is 34.4 Å². The summed E-state index contributed by atoms with van der Waals surface area (Å²) in [5.74, 6) is 0.296. The van der Waals surface area contributed by atoms with Crippen molar-refractivity contribution < 1.29 is 18.9 Å². The summed E-state index contributed by atoms with van der Waals surface area (Å²) in [6.45, 7) is 12.1. The number of amides is 1. The second-order valence-electron chi connectivity index (χ2n) is 7.85. The Bertz CT molecular complexity index is 639. The molecule has 138 valence electrons. The zero-order valence-corrected chi connectivity index (χ0v) is 16.4. The van der Waals surface area contributed by atoms with Gasteiger partial charge in [0.05, 0.1) is 11.0 Å². The molecule has 0 unspecified atom stereocenters. The number of nitro benzene ring substituents is 1. The first-order valence-electron chi connectivity index (χ1n) is 8.38. The molecule has 1 aromatic rings. The van der Waals surface area contributed by atoms with Gasteiger partial charge in [0.15, 0.2) is 8.32 Å². The number of nitrogens with zero attached hydrogens (tertiary/aromatic N) is 2. The van der Waals surface area contributed by atoms with E-state index in [0.717, 1.165) is 6.42 Å². The number of hydrogen-bond donors (Lipinski definition) is 0. The van der Waals surface area contributed by atoms with Crippen molar-refractivity contribution in [2.75, 3.05) is 13.1 Å². The Morgan fingerprint density at radius 3 is 2.40 bits per heavy atom. The maximum atomic E-state index is 12.3. The molecule has 0 saturated carbocycles. The zero-order valence-electron chi connectivity index (χ0n) is 15.4. The first kappa shape index (κ1) is 19.4. The molecule has 1 aliphatic heterocycles. The minimum Gasteiger partial charge on any atom is -0.412 e. The van der Waals surface area contributed by atoms with Gasteiger partial charge in [-0.3, -0.25) is 10.1 Å². The lowest BCUT2D eigenvalue weighted by Crippen LogP contribution is -2.45. The molecule has 1 heterocycles. The Hall–Kier alpha value is -1.93. The molecule has 0 N–H and O–H groups in total. The average Bonchev–Trinajstić information content (AvgIpc) is 2.94.